The number of nitrogens with one attached hydrogen (secondary N) is 1. The average molecular weight is 471 g/mol. The van der Waals surface area contributed by atoms with E-state index >= 15 is 0 Å². The lowest BCUT2D eigenvalue weighted by Crippen LogP contribution is -2.37. The van der Waals surface area contributed by atoms with Crippen molar-refractivity contribution in [1.82, 2.24) is 4.98 Å². The van der Waals surface area contributed by atoms with Gasteiger partial charge in [-0.1, -0.05) is 94.9 Å². The van der Waals surface area contributed by atoms with E-state index in [2.05, 4.69) is 58.7 Å². The molecule has 164 valence electrons. The standard InChI is InChI=1S/C24H30Cl3NO2/c1-22(2,3)14-10-13(11-15(20(14)30)23(4,5)6)24(8-7-9-24)12-16(29)19-17(25)18(26)21(27)28-19/h10-11,28,30H,7-9,12H2,1-6H3. The monoisotopic (exact) mass is 469 g/mol. The van der Waals surface area contributed by atoms with E-state index in [1.165, 1.54) is 0 Å². The molecule has 6 heteroatoms. The number of hydrogen-bond acceptors (Lipinski definition) is 2. The molecule has 30 heavy (non-hydrogen) atoms. The number of H-pyrrole nitrogens is 1. The summed E-state index contributed by atoms with van der Waals surface area (Å²) in [5, 5.41) is 11.6. The highest BCUT2D eigenvalue weighted by Gasteiger charge is 2.43. The highest BCUT2D eigenvalue weighted by molar-refractivity contribution is 6.49. The quantitative estimate of drug-likeness (QED) is 0.445. The van der Waals surface area contributed by atoms with Crippen LogP contribution in [0.2, 0.25) is 15.2 Å². The number of aromatic amines is 1. The summed E-state index contributed by atoms with van der Waals surface area (Å²) in [5.74, 6) is 0.252. The van der Waals surface area contributed by atoms with E-state index in [9.17, 15) is 9.90 Å². The van der Waals surface area contributed by atoms with Crippen molar-refractivity contribution in [2.24, 2.45) is 0 Å². The molecule has 0 radical (unpaired) electrons. The Morgan fingerprint density at radius 3 is 1.83 bits per heavy atom. The molecule has 1 aromatic heterocycles. The van der Waals surface area contributed by atoms with Crippen LogP contribution in [0.1, 0.15) is 94.4 Å². The lowest BCUT2D eigenvalue weighted by Gasteiger charge is -2.43. The number of phenols is 1. The summed E-state index contributed by atoms with van der Waals surface area (Å²) in [4.78, 5) is 16.0. The van der Waals surface area contributed by atoms with Crippen molar-refractivity contribution < 1.29 is 9.90 Å². The molecule has 1 saturated carbocycles. The van der Waals surface area contributed by atoms with Gasteiger partial charge in [-0.25, -0.2) is 0 Å². The Labute approximate surface area is 194 Å². The first-order chi connectivity index (χ1) is 13.7. The number of hydrogen-bond donors (Lipinski definition) is 2. The molecule has 1 aromatic carbocycles. The molecule has 0 atom stereocenters. The van der Waals surface area contributed by atoms with Gasteiger partial charge >= 0.3 is 0 Å². The fourth-order valence-corrected chi connectivity index (χ4v) is 4.89. The normalized spacial score (nSPS) is 16.4. The molecule has 2 aromatic rings. The fraction of sp³-hybridized carbons (Fsp3) is 0.542. The molecule has 0 bridgehead atoms. The van der Waals surface area contributed by atoms with E-state index in [4.69, 9.17) is 34.8 Å². The van der Waals surface area contributed by atoms with E-state index in [0.717, 1.165) is 36.0 Å². The second-order valence-electron chi connectivity index (χ2n) is 10.6. The van der Waals surface area contributed by atoms with E-state index in [1.54, 1.807) is 0 Å². The first kappa shape index (κ1) is 23.5. The number of aromatic nitrogens is 1. The van der Waals surface area contributed by atoms with E-state index < -0.39 is 0 Å². The van der Waals surface area contributed by atoms with Crippen LogP contribution in [0.25, 0.3) is 0 Å². The maximum absolute atomic E-state index is 13.2. The van der Waals surface area contributed by atoms with Crippen LogP contribution in [0, 0.1) is 0 Å². The molecule has 0 spiro atoms. The van der Waals surface area contributed by atoms with Crippen LogP contribution in [-0.2, 0) is 16.2 Å². The topological polar surface area (TPSA) is 53.1 Å². The Kier molecular flexibility index (Phi) is 6.08. The Morgan fingerprint density at radius 2 is 1.50 bits per heavy atom. The van der Waals surface area contributed by atoms with Gasteiger partial charge in [0.05, 0.1) is 10.0 Å². The zero-order chi connectivity index (χ0) is 22.6. The highest BCUT2D eigenvalue weighted by Crippen LogP contribution is 2.51. The second kappa shape index (κ2) is 7.76. The van der Waals surface area contributed by atoms with Gasteiger partial charge in [0.2, 0.25) is 0 Å². The van der Waals surface area contributed by atoms with Gasteiger partial charge in [0.1, 0.15) is 16.6 Å². The molecule has 0 aliphatic heterocycles. The molecule has 0 amide bonds. The number of halogens is 3. The van der Waals surface area contributed by atoms with Crippen LogP contribution >= 0.6 is 34.8 Å². The number of carbonyl (C=O) groups excluding carboxylic acids is 1. The maximum Gasteiger partial charge on any atom is 0.181 e. The predicted octanol–water partition coefficient (Wildman–Crippen LogP) is 7.97. The van der Waals surface area contributed by atoms with Crippen LogP contribution in [0.3, 0.4) is 0 Å². The third kappa shape index (κ3) is 4.13. The minimum Gasteiger partial charge on any atom is -0.507 e. The second-order valence-corrected chi connectivity index (χ2v) is 11.7. The molecule has 1 fully saturated rings. The SMILES string of the molecule is CC(C)(C)c1cc(C2(CC(=O)c3[nH]c(Cl)c(Cl)c3Cl)CCC2)cc(C(C)(C)C)c1O. The summed E-state index contributed by atoms with van der Waals surface area (Å²) < 4.78 is 0. The Bertz CT molecular complexity index is 954. The van der Waals surface area contributed by atoms with Crippen LogP contribution in [0.4, 0.5) is 0 Å². The number of carbonyl (C=O) groups is 1. The van der Waals surface area contributed by atoms with Gasteiger partial charge in [-0.05, 0) is 40.4 Å². The Balaban J connectivity index is 2.09. The van der Waals surface area contributed by atoms with Crippen molar-refractivity contribution in [3.8, 4) is 5.75 Å². The summed E-state index contributed by atoms with van der Waals surface area (Å²) in [5.41, 5.74) is 2.47. The molecule has 3 nitrogen and oxygen atoms in total. The molecule has 2 N–H and O–H groups in total. The van der Waals surface area contributed by atoms with Gasteiger partial charge in [0.15, 0.2) is 5.78 Å². The lowest BCUT2D eigenvalue weighted by molar-refractivity contribution is 0.0900. The van der Waals surface area contributed by atoms with Gasteiger partial charge in [0.25, 0.3) is 0 Å². The predicted molar refractivity (Wildman–Crippen MR) is 126 cm³/mol. The summed E-state index contributed by atoms with van der Waals surface area (Å²) in [6.45, 7) is 12.6. The number of rotatable bonds is 4. The molecule has 0 unspecified atom stereocenters. The molecule has 1 aliphatic carbocycles. The van der Waals surface area contributed by atoms with Gasteiger partial charge in [-0.15, -0.1) is 0 Å². The zero-order valence-corrected chi connectivity index (χ0v) is 20.7. The first-order valence-electron chi connectivity index (χ1n) is 10.3. The first-order valence-corrected chi connectivity index (χ1v) is 11.4. The molecular weight excluding hydrogens is 441 g/mol. The van der Waals surface area contributed by atoms with E-state index in [-0.39, 0.29) is 42.9 Å². The van der Waals surface area contributed by atoms with Crippen LogP contribution in [-0.4, -0.2) is 15.9 Å². The minimum atomic E-state index is -0.280. The average Bonchev–Trinajstić information content (AvgIpc) is 2.84. The summed E-state index contributed by atoms with van der Waals surface area (Å²) in [7, 11) is 0. The van der Waals surface area contributed by atoms with Crippen molar-refractivity contribution >= 4 is 40.6 Å². The third-order valence-corrected chi connectivity index (χ3v) is 7.50. The molecule has 3 rings (SSSR count). The number of benzene rings is 1. The van der Waals surface area contributed by atoms with Crippen LogP contribution < -0.4 is 0 Å². The summed E-state index contributed by atoms with van der Waals surface area (Å²) in [6.07, 6.45) is 3.20. The Hall–Kier alpha value is -1.16. The third-order valence-electron chi connectivity index (χ3n) is 6.27. The van der Waals surface area contributed by atoms with Crippen LogP contribution in [0.15, 0.2) is 12.1 Å². The zero-order valence-electron chi connectivity index (χ0n) is 18.5. The number of Topliss-reactive ketones (excluding diaryl/α,β-unsaturated/α-hetero) is 1. The molecule has 1 heterocycles. The van der Waals surface area contributed by atoms with Crippen molar-refractivity contribution in [2.45, 2.75) is 83.5 Å². The van der Waals surface area contributed by atoms with Crippen LogP contribution in [0.5, 0.6) is 5.75 Å². The minimum absolute atomic E-state index is 0.101. The Morgan fingerprint density at radius 1 is 1.00 bits per heavy atom. The number of aromatic hydroxyl groups is 1. The summed E-state index contributed by atoms with van der Waals surface area (Å²) >= 11 is 18.3. The maximum atomic E-state index is 13.2. The van der Waals surface area contributed by atoms with Gasteiger partial charge in [-0.2, -0.15) is 0 Å². The van der Waals surface area contributed by atoms with Crippen molar-refractivity contribution in [2.75, 3.05) is 0 Å². The van der Waals surface area contributed by atoms with Crippen molar-refractivity contribution in [1.29, 1.82) is 0 Å². The molecular formula is C24H30Cl3NO2. The highest BCUT2D eigenvalue weighted by atomic mass is 35.5. The number of ketones is 1. The summed E-state index contributed by atoms with van der Waals surface area (Å²) in [6, 6.07) is 4.18. The fourth-order valence-electron chi connectivity index (χ4n) is 4.27. The van der Waals surface area contributed by atoms with Gasteiger partial charge < -0.3 is 10.1 Å². The lowest BCUT2D eigenvalue weighted by atomic mass is 9.60. The van der Waals surface area contributed by atoms with E-state index in [0.29, 0.717) is 12.2 Å². The van der Waals surface area contributed by atoms with Crippen molar-refractivity contribution in [3.63, 3.8) is 0 Å². The van der Waals surface area contributed by atoms with E-state index in [1.807, 2.05) is 0 Å². The number of phenolic OH excluding ortho intramolecular Hbond substituents is 1. The van der Waals surface area contributed by atoms with Gasteiger partial charge in [-0.3, -0.25) is 4.79 Å². The van der Waals surface area contributed by atoms with Crippen molar-refractivity contribution in [3.05, 3.63) is 49.7 Å². The smallest absolute Gasteiger partial charge is 0.181 e. The molecule has 1 aliphatic rings. The largest absolute Gasteiger partial charge is 0.507 e. The molecule has 0 saturated heterocycles. The van der Waals surface area contributed by atoms with Gasteiger partial charge in [0, 0.05) is 11.8 Å².